The SMILES string of the molecule is CSCCCOc1ccccc1C(C)(C)C. The van der Waals surface area contributed by atoms with E-state index in [9.17, 15) is 0 Å². The number of hydrogen-bond acceptors (Lipinski definition) is 2. The number of para-hydroxylation sites is 1. The molecule has 0 fully saturated rings. The quantitative estimate of drug-likeness (QED) is 0.714. The third-order valence-corrected chi connectivity index (χ3v) is 3.14. The molecule has 1 nitrogen and oxygen atoms in total. The second-order valence-electron chi connectivity index (χ2n) is 4.94. The fraction of sp³-hybridized carbons (Fsp3) is 0.571. The molecule has 0 radical (unpaired) electrons. The van der Waals surface area contributed by atoms with E-state index in [1.54, 1.807) is 0 Å². The highest BCUT2D eigenvalue weighted by Crippen LogP contribution is 2.30. The zero-order valence-corrected chi connectivity index (χ0v) is 11.6. The Kier molecular flexibility index (Phi) is 5.20. The van der Waals surface area contributed by atoms with Gasteiger partial charge in [-0.1, -0.05) is 39.0 Å². The van der Waals surface area contributed by atoms with Gasteiger partial charge in [-0.25, -0.2) is 0 Å². The van der Waals surface area contributed by atoms with Crippen molar-refractivity contribution in [1.82, 2.24) is 0 Å². The van der Waals surface area contributed by atoms with Gasteiger partial charge < -0.3 is 4.74 Å². The highest BCUT2D eigenvalue weighted by molar-refractivity contribution is 7.98. The topological polar surface area (TPSA) is 9.23 Å². The van der Waals surface area contributed by atoms with E-state index in [4.69, 9.17) is 4.74 Å². The first-order chi connectivity index (χ1) is 7.55. The van der Waals surface area contributed by atoms with Gasteiger partial charge in [0.2, 0.25) is 0 Å². The number of hydrogen-bond donors (Lipinski definition) is 0. The van der Waals surface area contributed by atoms with E-state index in [-0.39, 0.29) is 5.41 Å². The molecule has 0 heterocycles. The van der Waals surface area contributed by atoms with Crippen LogP contribution in [0.1, 0.15) is 32.8 Å². The van der Waals surface area contributed by atoms with Crippen molar-refractivity contribution < 1.29 is 4.74 Å². The minimum Gasteiger partial charge on any atom is -0.493 e. The molecule has 1 rings (SSSR count). The van der Waals surface area contributed by atoms with Crippen LogP contribution in [0.3, 0.4) is 0 Å². The van der Waals surface area contributed by atoms with Crippen LogP contribution in [0, 0.1) is 0 Å². The van der Waals surface area contributed by atoms with Crippen LogP contribution in [-0.2, 0) is 5.41 Å². The van der Waals surface area contributed by atoms with Crippen LogP contribution in [0.25, 0.3) is 0 Å². The molecule has 0 N–H and O–H groups in total. The summed E-state index contributed by atoms with van der Waals surface area (Å²) < 4.78 is 5.85. The van der Waals surface area contributed by atoms with Crippen molar-refractivity contribution in [2.24, 2.45) is 0 Å². The first-order valence-corrected chi connectivity index (χ1v) is 7.16. The average molecular weight is 238 g/mol. The van der Waals surface area contributed by atoms with Crippen molar-refractivity contribution in [3.63, 3.8) is 0 Å². The molecule has 1 aromatic carbocycles. The molecule has 1 aromatic rings. The molecule has 0 unspecified atom stereocenters. The van der Waals surface area contributed by atoms with Gasteiger partial charge in [-0.2, -0.15) is 11.8 Å². The van der Waals surface area contributed by atoms with Crippen LogP contribution in [0.4, 0.5) is 0 Å². The Morgan fingerprint density at radius 1 is 1.19 bits per heavy atom. The highest BCUT2D eigenvalue weighted by Gasteiger charge is 2.17. The van der Waals surface area contributed by atoms with Gasteiger partial charge in [0.25, 0.3) is 0 Å². The predicted molar refractivity (Wildman–Crippen MR) is 73.6 cm³/mol. The van der Waals surface area contributed by atoms with Gasteiger partial charge >= 0.3 is 0 Å². The van der Waals surface area contributed by atoms with Gasteiger partial charge in [-0.15, -0.1) is 0 Å². The van der Waals surface area contributed by atoms with Gasteiger partial charge in [0.15, 0.2) is 0 Å². The molecule has 0 aliphatic carbocycles. The number of rotatable bonds is 5. The van der Waals surface area contributed by atoms with Crippen molar-refractivity contribution in [1.29, 1.82) is 0 Å². The van der Waals surface area contributed by atoms with E-state index in [1.165, 1.54) is 5.56 Å². The molecular formula is C14H22OS. The largest absolute Gasteiger partial charge is 0.493 e. The number of thioether (sulfide) groups is 1. The summed E-state index contributed by atoms with van der Waals surface area (Å²) in [5.41, 5.74) is 1.44. The van der Waals surface area contributed by atoms with Gasteiger partial charge in [-0.05, 0) is 35.5 Å². The predicted octanol–water partition coefficient (Wildman–Crippen LogP) is 4.12. The Bertz CT molecular complexity index is 315. The molecule has 0 saturated heterocycles. The summed E-state index contributed by atoms with van der Waals surface area (Å²) in [4.78, 5) is 0. The third-order valence-electron chi connectivity index (χ3n) is 2.45. The van der Waals surface area contributed by atoms with E-state index >= 15 is 0 Å². The van der Waals surface area contributed by atoms with Gasteiger partial charge in [0.1, 0.15) is 5.75 Å². The van der Waals surface area contributed by atoms with Gasteiger partial charge in [0.05, 0.1) is 6.61 Å². The average Bonchev–Trinajstić information content (AvgIpc) is 2.24. The smallest absolute Gasteiger partial charge is 0.123 e. The summed E-state index contributed by atoms with van der Waals surface area (Å²) in [6, 6.07) is 8.35. The van der Waals surface area contributed by atoms with Crippen LogP contribution in [0.15, 0.2) is 24.3 Å². The summed E-state index contributed by atoms with van der Waals surface area (Å²) in [6.45, 7) is 7.47. The number of benzene rings is 1. The fourth-order valence-corrected chi connectivity index (χ4v) is 2.00. The molecule has 0 aromatic heterocycles. The molecular weight excluding hydrogens is 216 g/mol. The molecule has 0 amide bonds. The molecule has 0 bridgehead atoms. The summed E-state index contributed by atoms with van der Waals surface area (Å²) >= 11 is 1.87. The van der Waals surface area contributed by atoms with Gasteiger partial charge in [-0.3, -0.25) is 0 Å². The molecule has 0 spiro atoms. The second kappa shape index (κ2) is 6.19. The Hall–Kier alpha value is -0.630. The maximum Gasteiger partial charge on any atom is 0.123 e. The molecule has 0 aliphatic rings. The first kappa shape index (κ1) is 13.4. The zero-order chi connectivity index (χ0) is 12.0. The van der Waals surface area contributed by atoms with Crippen molar-refractivity contribution in [2.45, 2.75) is 32.6 Å². The zero-order valence-electron chi connectivity index (χ0n) is 10.7. The molecule has 16 heavy (non-hydrogen) atoms. The van der Waals surface area contributed by atoms with E-state index in [2.05, 4.69) is 45.2 Å². The Morgan fingerprint density at radius 2 is 1.88 bits per heavy atom. The molecule has 0 saturated carbocycles. The van der Waals surface area contributed by atoms with E-state index in [0.717, 1.165) is 24.5 Å². The van der Waals surface area contributed by atoms with Gasteiger partial charge in [0, 0.05) is 0 Å². The Labute approximate surface area is 104 Å². The van der Waals surface area contributed by atoms with Crippen LogP contribution >= 0.6 is 11.8 Å². The van der Waals surface area contributed by atoms with Crippen LogP contribution in [-0.4, -0.2) is 18.6 Å². The summed E-state index contributed by atoms with van der Waals surface area (Å²) in [5, 5.41) is 0. The Morgan fingerprint density at radius 3 is 2.50 bits per heavy atom. The maximum atomic E-state index is 5.85. The minimum atomic E-state index is 0.149. The summed E-state index contributed by atoms with van der Waals surface area (Å²) in [7, 11) is 0. The monoisotopic (exact) mass is 238 g/mol. The lowest BCUT2D eigenvalue weighted by Gasteiger charge is -2.22. The lowest BCUT2D eigenvalue weighted by Crippen LogP contribution is -2.13. The van der Waals surface area contributed by atoms with Crippen molar-refractivity contribution >= 4 is 11.8 Å². The lowest BCUT2D eigenvalue weighted by molar-refractivity contribution is 0.310. The van der Waals surface area contributed by atoms with Crippen molar-refractivity contribution in [3.05, 3.63) is 29.8 Å². The summed E-state index contributed by atoms with van der Waals surface area (Å²) in [6.07, 6.45) is 3.24. The van der Waals surface area contributed by atoms with Crippen LogP contribution in [0.5, 0.6) is 5.75 Å². The lowest BCUT2D eigenvalue weighted by atomic mass is 9.86. The fourth-order valence-electron chi connectivity index (χ4n) is 1.60. The van der Waals surface area contributed by atoms with Crippen LogP contribution < -0.4 is 4.74 Å². The Balaban J connectivity index is 2.65. The number of ether oxygens (including phenoxy) is 1. The molecule has 0 aliphatic heterocycles. The van der Waals surface area contributed by atoms with Crippen molar-refractivity contribution in [3.8, 4) is 5.75 Å². The minimum absolute atomic E-state index is 0.149. The summed E-state index contributed by atoms with van der Waals surface area (Å²) in [5.74, 6) is 2.20. The van der Waals surface area contributed by atoms with E-state index in [1.807, 2.05) is 17.8 Å². The maximum absolute atomic E-state index is 5.85. The highest BCUT2D eigenvalue weighted by atomic mass is 32.2. The second-order valence-corrected chi connectivity index (χ2v) is 5.93. The molecule has 2 heteroatoms. The standard InChI is InChI=1S/C14H22OS/c1-14(2,3)12-8-5-6-9-13(12)15-10-7-11-16-4/h5-6,8-9H,7,10-11H2,1-4H3. The molecule has 90 valence electrons. The van der Waals surface area contributed by atoms with E-state index < -0.39 is 0 Å². The van der Waals surface area contributed by atoms with Crippen LogP contribution in [0.2, 0.25) is 0 Å². The van der Waals surface area contributed by atoms with Crippen molar-refractivity contribution in [2.75, 3.05) is 18.6 Å². The third kappa shape index (κ3) is 4.09. The van der Waals surface area contributed by atoms with E-state index in [0.29, 0.717) is 0 Å². The normalized spacial score (nSPS) is 11.5. The first-order valence-electron chi connectivity index (χ1n) is 5.77. The molecule has 0 atom stereocenters.